The quantitative estimate of drug-likeness (QED) is 0.710. The number of carbonyl (C=O) groups excluding carboxylic acids is 1. The zero-order valence-electron chi connectivity index (χ0n) is 15.1. The van der Waals surface area contributed by atoms with Gasteiger partial charge in [-0.2, -0.15) is 4.31 Å². The number of amides is 1. The Bertz CT molecular complexity index is 924. The zero-order chi connectivity index (χ0) is 20.2. The van der Waals surface area contributed by atoms with Crippen LogP contribution < -0.4 is 10.1 Å². The van der Waals surface area contributed by atoms with Crippen molar-refractivity contribution in [2.24, 2.45) is 0 Å². The lowest BCUT2D eigenvalue weighted by molar-refractivity contribution is 0.102. The highest BCUT2D eigenvalue weighted by Crippen LogP contribution is 2.31. The van der Waals surface area contributed by atoms with E-state index in [2.05, 4.69) is 5.32 Å². The molecular formula is C18H20Cl2N2O4S. The number of hydrogen-bond donors (Lipinski definition) is 1. The van der Waals surface area contributed by atoms with Crippen LogP contribution in [0.2, 0.25) is 10.0 Å². The smallest absolute Gasteiger partial charge is 0.258 e. The van der Waals surface area contributed by atoms with E-state index in [1.807, 2.05) is 0 Å². The fourth-order valence-corrected chi connectivity index (χ4v) is 4.61. The summed E-state index contributed by atoms with van der Waals surface area (Å²) in [6.45, 7) is 4.18. The maximum atomic E-state index is 12.7. The lowest BCUT2D eigenvalue weighted by Gasteiger charge is -2.20. The highest BCUT2D eigenvalue weighted by atomic mass is 35.5. The predicted octanol–water partition coefficient (Wildman–Crippen LogP) is 4.28. The van der Waals surface area contributed by atoms with Gasteiger partial charge in [-0.05, 0) is 30.3 Å². The first-order chi connectivity index (χ1) is 12.8. The van der Waals surface area contributed by atoms with E-state index in [0.717, 1.165) is 0 Å². The molecule has 0 spiro atoms. The first kappa shape index (κ1) is 21.5. The molecule has 9 heteroatoms. The number of benzene rings is 2. The number of rotatable bonds is 7. The molecule has 0 aliphatic carbocycles. The average molecular weight is 431 g/mol. The number of nitrogens with zero attached hydrogens (tertiary/aromatic N) is 1. The molecule has 0 atom stereocenters. The van der Waals surface area contributed by atoms with Crippen LogP contribution in [0.4, 0.5) is 5.69 Å². The Hall–Kier alpha value is -1.80. The standard InChI is InChI=1S/C18H20Cl2N2O4S/c1-4-22(5-2)27(24,25)12-9-10-16(26-3)15(11-12)21-18(23)17-13(19)7-6-8-14(17)20/h6-11H,4-5H2,1-3H3,(H,21,23). The molecule has 0 bridgehead atoms. The highest BCUT2D eigenvalue weighted by molar-refractivity contribution is 7.89. The second kappa shape index (κ2) is 8.93. The summed E-state index contributed by atoms with van der Waals surface area (Å²) in [6.07, 6.45) is 0. The third-order valence-electron chi connectivity index (χ3n) is 3.95. The summed E-state index contributed by atoms with van der Waals surface area (Å²) in [5.41, 5.74) is 0.298. The van der Waals surface area contributed by atoms with E-state index in [1.165, 1.54) is 29.6 Å². The number of carbonyl (C=O) groups is 1. The summed E-state index contributed by atoms with van der Waals surface area (Å²) in [4.78, 5) is 12.7. The number of ether oxygens (including phenoxy) is 1. The van der Waals surface area contributed by atoms with Gasteiger partial charge in [-0.3, -0.25) is 4.79 Å². The molecule has 2 aromatic rings. The number of sulfonamides is 1. The lowest BCUT2D eigenvalue weighted by atomic mass is 10.2. The first-order valence-corrected chi connectivity index (χ1v) is 10.4. The van der Waals surface area contributed by atoms with Crippen molar-refractivity contribution in [1.29, 1.82) is 0 Å². The van der Waals surface area contributed by atoms with Crippen molar-refractivity contribution in [2.75, 3.05) is 25.5 Å². The molecule has 0 heterocycles. The first-order valence-electron chi connectivity index (χ1n) is 8.19. The van der Waals surface area contributed by atoms with Gasteiger partial charge < -0.3 is 10.1 Å². The Morgan fingerprint density at radius 3 is 2.22 bits per heavy atom. The molecule has 146 valence electrons. The fourth-order valence-electron chi connectivity index (χ4n) is 2.56. The highest BCUT2D eigenvalue weighted by Gasteiger charge is 2.24. The van der Waals surface area contributed by atoms with Gasteiger partial charge in [-0.15, -0.1) is 0 Å². The molecule has 0 radical (unpaired) electrons. The van der Waals surface area contributed by atoms with Gasteiger partial charge in [0, 0.05) is 13.1 Å². The van der Waals surface area contributed by atoms with Gasteiger partial charge >= 0.3 is 0 Å². The van der Waals surface area contributed by atoms with Crippen LogP contribution in [0.25, 0.3) is 0 Å². The van der Waals surface area contributed by atoms with Gasteiger partial charge in [-0.25, -0.2) is 8.42 Å². The summed E-state index contributed by atoms with van der Waals surface area (Å²) in [6, 6.07) is 8.99. The van der Waals surface area contributed by atoms with Crippen molar-refractivity contribution in [2.45, 2.75) is 18.7 Å². The SMILES string of the molecule is CCN(CC)S(=O)(=O)c1ccc(OC)c(NC(=O)c2c(Cl)cccc2Cl)c1. The van der Waals surface area contributed by atoms with Gasteiger partial charge in [0.1, 0.15) is 5.75 Å². The van der Waals surface area contributed by atoms with Gasteiger partial charge in [0.2, 0.25) is 10.0 Å². The van der Waals surface area contributed by atoms with E-state index in [1.54, 1.807) is 32.0 Å². The molecular weight excluding hydrogens is 411 g/mol. The Labute approximate surface area is 169 Å². The maximum Gasteiger partial charge on any atom is 0.258 e. The molecule has 6 nitrogen and oxygen atoms in total. The molecule has 2 rings (SSSR count). The number of methoxy groups -OCH3 is 1. The largest absolute Gasteiger partial charge is 0.495 e. The van der Waals surface area contributed by atoms with Crippen LogP contribution in [-0.2, 0) is 10.0 Å². The van der Waals surface area contributed by atoms with Crippen LogP contribution in [0.5, 0.6) is 5.75 Å². The molecule has 0 aromatic heterocycles. The monoisotopic (exact) mass is 430 g/mol. The summed E-state index contributed by atoms with van der Waals surface area (Å²) in [5.74, 6) is -0.258. The van der Waals surface area contributed by atoms with Crippen molar-refractivity contribution in [3.63, 3.8) is 0 Å². The fraction of sp³-hybridized carbons (Fsp3) is 0.278. The van der Waals surface area contributed by atoms with Crippen molar-refractivity contribution in [1.82, 2.24) is 4.31 Å². The van der Waals surface area contributed by atoms with Crippen LogP contribution in [0.3, 0.4) is 0 Å². The van der Waals surface area contributed by atoms with Crippen molar-refractivity contribution in [3.8, 4) is 5.75 Å². The van der Waals surface area contributed by atoms with E-state index in [0.29, 0.717) is 18.8 Å². The number of halogens is 2. The normalized spacial score (nSPS) is 11.5. The van der Waals surface area contributed by atoms with Gasteiger partial charge in [0.05, 0.1) is 33.3 Å². The van der Waals surface area contributed by atoms with Crippen LogP contribution in [0.1, 0.15) is 24.2 Å². The molecule has 2 aromatic carbocycles. The lowest BCUT2D eigenvalue weighted by Crippen LogP contribution is -2.30. The minimum Gasteiger partial charge on any atom is -0.495 e. The number of anilines is 1. The topological polar surface area (TPSA) is 75.7 Å². The number of hydrogen-bond acceptors (Lipinski definition) is 4. The van der Waals surface area contributed by atoms with Gasteiger partial charge in [0.15, 0.2) is 0 Å². The average Bonchev–Trinajstić information content (AvgIpc) is 2.62. The minimum atomic E-state index is -3.69. The van der Waals surface area contributed by atoms with Crippen LogP contribution in [-0.4, -0.2) is 38.8 Å². The molecule has 0 saturated heterocycles. The summed E-state index contributed by atoms with van der Waals surface area (Å²) >= 11 is 12.1. The van der Waals surface area contributed by atoms with E-state index < -0.39 is 15.9 Å². The summed E-state index contributed by atoms with van der Waals surface area (Å²) in [7, 11) is -2.27. The third kappa shape index (κ3) is 4.55. The summed E-state index contributed by atoms with van der Waals surface area (Å²) in [5, 5.41) is 3.00. The van der Waals surface area contributed by atoms with Crippen molar-refractivity contribution in [3.05, 3.63) is 52.0 Å². The van der Waals surface area contributed by atoms with Crippen LogP contribution >= 0.6 is 23.2 Å². The third-order valence-corrected chi connectivity index (χ3v) is 6.63. The van der Waals surface area contributed by atoms with E-state index in [4.69, 9.17) is 27.9 Å². The Morgan fingerprint density at radius 2 is 1.70 bits per heavy atom. The number of nitrogens with one attached hydrogen (secondary N) is 1. The maximum absolute atomic E-state index is 12.7. The van der Waals surface area contributed by atoms with Crippen molar-refractivity contribution < 1.29 is 17.9 Å². The molecule has 0 saturated carbocycles. The zero-order valence-corrected chi connectivity index (χ0v) is 17.5. The van der Waals surface area contributed by atoms with E-state index >= 15 is 0 Å². The second-order valence-corrected chi connectivity index (χ2v) is 8.25. The Morgan fingerprint density at radius 1 is 1.11 bits per heavy atom. The Balaban J connectivity index is 2.46. The summed E-state index contributed by atoms with van der Waals surface area (Å²) < 4.78 is 32.0. The van der Waals surface area contributed by atoms with Crippen molar-refractivity contribution >= 4 is 44.8 Å². The molecule has 1 N–H and O–H groups in total. The molecule has 0 aliphatic heterocycles. The van der Waals surface area contributed by atoms with Crippen LogP contribution in [0, 0.1) is 0 Å². The van der Waals surface area contributed by atoms with E-state index in [-0.39, 0.29) is 26.2 Å². The van der Waals surface area contributed by atoms with Gasteiger partial charge in [0.25, 0.3) is 5.91 Å². The molecule has 0 fully saturated rings. The molecule has 27 heavy (non-hydrogen) atoms. The minimum absolute atomic E-state index is 0.0487. The molecule has 0 aliphatic rings. The van der Waals surface area contributed by atoms with Crippen LogP contribution in [0.15, 0.2) is 41.3 Å². The molecule has 1 amide bonds. The second-order valence-electron chi connectivity index (χ2n) is 5.50. The van der Waals surface area contributed by atoms with Gasteiger partial charge in [-0.1, -0.05) is 43.1 Å². The predicted molar refractivity (Wildman–Crippen MR) is 108 cm³/mol. The van der Waals surface area contributed by atoms with E-state index in [9.17, 15) is 13.2 Å². The Kier molecular flexibility index (Phi) is 7.11. The molecule has 0 unspecified atom stereocenters.